The molecule has 0 saturated heterocycles. The van der Waals surface area contributed by atoms with Crippen LogP contribution in [0.3, 0.4) is 0 Å². The molecular formula is C15H10BrClFNO2. The lowest BCUT2D eigenvalue weighted by Crippen LogP contribution is -2.05. The third-order valence-electron chi connectivity index (χ3n) is 3.42. The molecule has 3 nitrogen and oxygen atoms in total. The summed E-state index contributed by atoms with van der Waals surface area (Å²) in [5.74, 6) is -0.651. The van der Waals surface area contributed by atoms with Gasteiger partial charge >= 0.3 is 0 Å². The Morgan fingerprint density at radius 3 is 2.86 bits per heavy atom. The van der Waals surface area contributed by atoms with E-state index in [1.165, 1.54) is 6.07 Å². The zero-order chi connectivity index (χ0) is 15.1. The largest absolute Gasteiger partial charge is 0.383 e. The Morgan fingerprint density at radius 1 is 1.38 bits per heavy atom. The Morgan fingerprint density at radius 2 is 2.14 bits per heavy atom. The molecule has 2 aromatic carbocycles. The van der Waals surface area contributed by atoms with Crippen LogP contribution in [-0.4, -0.2) is 11.0 Å². The summed E-state index contributed by atoms with van der Waals surface area (Å²) in [6, 6.07) is 7.68. The molecule has 0 spiro atoms. The summed E-state index contributed by atoms with van der Waals surface area (Å²) in [6.07, 6.45) is -0.987. The van der Waals surface area contributed by atoms with Crippen molar-refractivity contribution in [2.45, 2.75) is 12.5 Å². The van der Waals surface area contributed by atoms with Gasteiger partial charge in [-0.25, -0.2) is 4.39 Å². The van der Waals surface area contributed by atoms with Gasteiger partial charge in [-0.05, 0) is 29.8 Å². The van der Waals surface area contributed by atoms with Gasteiger partial charge < -0.3 is 10.4 Å². The first-order chi connectivity index (χ1) is 9.97. The second kappa shape index (κ2) is 5.40. The van der Waals surface area contributed by atoms with Crippen LogP contribution in [0.4, 0.5) is 10.1 Å². The second-order valence-electron chi connectivity index (χ2n) is 4.79. The van der Waals surface area contributed by atoms with Crippen LogP contribution in [0.2, 0.25) is 5.02 Å². The molecule has 0 radical (unpaired) electrons. The van der Waals surface area contributed by atoms with Crippen LogP contribution in [-0.2, 0) is 11.2 Å². The van der Waals surface area contributed by atoms with Crippen molar-refractivity contribution >= 4 is 39.1 Å². The molecule has 2 N–H and O–H groups in total. The van der Waals surface area contributed by atoms with Crippen molar-refractivity contribution < 1.29 is 14.3 Å². The zero-order valence-corrected chi connectivity index (χ0v) is 13.0. The lowest BCUT2D eigenvalue weighted by molar-refractivity contribution is -0.115. The fourth-order valence-corrected chi connectivity index (χ4v) is 3.23. The fourth-order valence-electron chi connectivity index (χ4n) is 2.40. The Labute approximate surface area is 133 Å². The number of aliphatic hydroxyl groups excluding tert-OH is 1. The molecule has 1 atom stereocenters. The number of carbonyl (C=O) groups is 1. The minimum atomic E-state index is -1.21. The number of hydrogen-bond acceptors (Lipinski definition) is 2. The first kappa shape index (κ1) is 14.5. The maximum Gasteiger partial charge on any atom is 0.228 e. The standard InChI is InChI=1S/C15H10BrClFNO2/c16-9-2-1-3-11(18)14(9)15(21)8-4-7-5-13(20)19-12(7)6-10(8)17/h1-4,6,15,21H,5H2,(H,19,20). The minimum Gasteiger partial charge on any atom is -0.383 e. The van der Waals surface area contributed by atoms with Gasteiger partial charge in [0.25, 0.3) is 0 Å². The van der Waals surface area contributed by atoms with Gasteiger partial charge in [-0.2, -0.15) is 0 Å². The van der Waals surface area contributed by atoms with E-state index in [-0.39, 0.29) is 22.9 Å². The van der Waals surface area contributed by atoms with Crippen molar-refractivity contribution in [2.24, 2.45) is 0 Å². The molecule has 1 aliphatic rings. The summed E-state index contributed by atoms with van der Waals surface area (Å²) in [7, 11) is 0. The first-order valence-electron chi connectivity index (χ1n) is 6.21. The zero-order valence-electron chi connectivity index (χ0n) is 10.7. The van der Waals surface area contributed by atoms with Crippen LogP contribution in [0.5, 0.6) is 0 Å². The molecule has 0 aromatic heterocycles. The van der Waals surface area contributed by atoms with E-state index < -0.39 is 11.9 Å². The van der Waals surface area contributed by atoms with Crippen molar-refractivity contribution in [3.63, 3.8) is 0 Å². The lowest BCUT2D eigenvalue weighted by Gasteiger charge is -2.16. The molecule has 3 rings (SSSR count). The maximum atomic E-state index is 14.0. The van der Waals surface area contributed by atoms with E-state index in [1.807, 2.05) is 0 Å². The summed E-state index contributed by atoms with van der Waals surface area (Å²) in [5.41, 5.74) is 1.87. The number of benzene rings is 2. The van der Waals surface area contributed by atoms with E-state index >= 15 is 0 Å². The van der Waals surface area contributed by atoms with Crippen LogP contribution in [0.25, 0.3) is 0 Å². The summed E-state index contributed by atoms with van der Waals surface area (Å²) >= 11 is 9.39. The highest BCUT2D eigenvalue weighted by molar-refractivity contribution is 9.10. The number of halogens is 3. The van der Waals surface area contributed by atoms with E-state index in [4.69, 9.17) is 11.6 Å². The van der Waals surface area contributed by atoms with Gasteiger partial charge in [-0.1, -0.05) is 33.6 Å². The van der Waals surface area contributed by atoms with E-state index in [0.29, 0.717) is 15.7 Å². The summed E-state index contributed by atoms with van der Waals surface area (Å²) in [6.45, 7) is 0. The monoisotopic (exact) mass is 369 g/mol. The van der Waals surface area contributed by atoms with E-state index in [0.717, 1.165) is 5.56 Å². The normalized spacial score (nSPS) is 14.8. The number of amides is 1. The summed E-state index contributed by atoms with van der Waals surface area (Å²) < 4.78 is 14.4. The van der Waals surface area contributed by atoms with E-state index in [2.05, 4.69) is 21.2 Å². The van der Waals surface area contributed by atoms with E-state index in [1.54, 1.807) is 24.3 Å². The van der Waals surface area contributed by atoms with E-state index in [9.17, 15) is 14.3 Å². The average Bonchev–Trinajstić information content (AvgIpc) is 2.76. The molecular weight excluding hydrogens is 361 g/mol. The maximum absolute atomic E-state index is 14.0. The molecule has 1 heterocycles. The quantitative estimate of drug-likeness (QED) is 0.844. The minimum absolute atomic E-state index is 0.122. The van der Waals surface area contributed by atoms with Crippen LogP contribution in [0.1, 0.15) is 22.8 Å². The molecule has 0 saturated carbocycles. The third-order valence-corrected chi connectivity index (χ3v) is 4.43. The van der Waals surface area contributed by atoms with Crippen molar-refractivity contribution in [3.05, 3.63) is 62.3 Å². The topological polar surface area (TPSA) is 49.3 Å². The molecule has 2 aromatic rings. The highest BCUT2D eigenvalue weighted by Crippen LogP contribution is 2.38. The van der Waals surface area contributed by atoms with Gasteiger partial charge in [0, 0.05) is 26.3 Å². The van der Waals surface area contributed by atoms with Crippen molar-refractivity contribution in [3.8, 4) is 0 Å². The van der Waals surface area contributed by atoms with Crippen LogP contribution in [0, 0.1) is 5.82 Å². The van der Waals surface area contributed by atoms with Crippen molar-refractivity contribution in [1.82, 2.24) is 0 Å². The molecule has 1 aliphatic heterocycles. The van der Waals surface area contributed by atoms with Gasteiger partial charge in [0.05, 0.1) is 6.42 Å². The molecule has 0 bridgehead atoms. The highest BCUT2D eigenvalue weighted by atomic mass is 79.9. The van der Waals surface area contributed by atoms with Gasteiger partial charge in [-0.15, -0.1) is 0 Å². The number of hydrogen-bond donors (Lipinski definition) is 2. The molecule has 1 amide bonds. The number of fused-ring (bicyclic) bond motifs is 1. The first-order valence-corrected chi connectivity index (χ1v) is 7.38. The SMILES string of the molecule is O=C1Cc2cc(C(O)c3c(F)cccc3Br)c(Cl)cc2N1. The van der Waals surface area contributed by atoms with Gasteiger partial charge in [-0.3, -0.25) is 4.79 Å². The van der Waals surface area contributed by atoms with Gasteiger partial charge in [0.2, 0.25) is 5.91 Å². The Balaban J connectivity index is 2.09. The Bertz CT molecular complexity index is 730. The smallest absolute Gasteiger partial charge is 0.228 e. The number of anilines is 1. The number of aliphatic hydroxyl groups is 1. The summed E-state index contributed by atoms with van der Waals surface area (Å²) in [5, 5.41) is 13.4. The average molecular weight is 371 g/mol. The molecule has 0 fully saturated rings. The van der Waals surface area contributed by atoms with Crippen LogP contribution >= 0.6 is 27.5 Å². The molecule has 21 heavy (non-hydrogen) atoms. The predicted molar refractivity (Wildman–Crippen MR) is 81.9 cm³/mol. The third kappa shape index (κ3) is 2.57. The fraction of sp³-hybridized carbons (Fsp3) is 0.133. The Kier molecular flexibility index (Phi) is 3.73. The summed E-state index contributed by atoms with van der Waals surface area (Å²) in [4.78, 5) is 11.4. The van der Waals surface area contributed by atoms with Crippen molar-refractivity contribution in [1.29, 1.82) is 0 Å². The molecule has 1 unspecified atom stereocenters. The number of nitrogens with one attached hydrogen (secondary N) is 1. The van der Waals surface area contributed by atoms with Crippen LogP contribution < -0.4 is 5.32 Å². The highest BCUT2D eigenvalue weighted by Gasteiger charge is 2.25. The molecule has 108 valence electrons. The Hall–Kier alpha value is -1.43. The van der Waals surface area contributed by atoms with Crippen LogP contribution in [0.15, 0.2) is 34.8 Å². The molecule has 0 aliphatic carbocycles. The van der Waals surface area contributed by atoms with Gasteiger partial charge in [0.15, 0.2) is 0 Å². The second-order valence-corrected chi connectivity index (χ2v) is 6.06. The van der Waals surface area contributed by atoms with Crippen molar-refractivity contribution in [2.75, 3.05) is 5.32 Å². The predicted octanol–water partition coefficient (Wildman–Crippen LogP) is 3.82. The lowest BCUT2D eigenvalue weighted by atomic mass is 9.98. The molecule has 6 heteroatoms. The number of carbonyl (C=O) groups excluding carboxylic acids is 1. The van der Waals surface area contributed by atoms with Gasteiger partial charge in [0.1, 0.15) is 11.9 Å². The number of rotatable bonds is 2.